The van der Waals surface area contributed by atoms with Crippen molar-refractivity contribution < 1.29 is 14.7 Å². The first-order chi connectivity index (χ1) is 8.27. The fourth-order valence-electron chi connectivity index (χ4n) is 1.69. The minimum Gasteiger partial charge on any atom is -0.480 e. The summed E-state index contributed by atoms with van der Waals surface area (Å²) in [6.07, 6.45) is 3.04. The van der Waals surface area contributed by atoms with Crippen LogP contribution in [0.1, 0.15) is 40.0 Å². The molecule has 0 spiro atoms. The lowest BCUT2D eigenvalue weighted by Crippen LogP contribution is -2.52. The van der Waals surface area contributed by atoms with Crippen LogP contribution >= 0.6 is 0 Å². The van der Waals surface area contributed by atoms with Crippen LogP contribution in [0.5, 0.6) is 0 Å². The zero-order chi connectivity index (χ0) is 13.9. The van der Waals surface area contributed by atoms with Crippen LogP contribution in [0.3, 0.4) is 0 Å². The van der Waals surface area contributed by atoms with E-state index in [2.05, 4.69) is 0 Å². The Morgan fingerprint density at radius 1 is 1.33 bits per heavy atom. The third kappa shape index (κ3) is 3.89. The molecule has 1 aliphatic carbocycles. The Balaban J connectivity index is 2.70. The van der Waals surface area contributed by atoms with Gasteiger partial charge in [-0.1, -0.05) is 6.92 Å². The molecule has 0 radical (unpaired) electrons. The molecule has 5 heteroatoms. The van der Waals surface area contributed by atoms with E-state index in [0.29, 0.717) is 12.5 Å². The Kier molecular flexibility index (Phi) is 4.59. The number of carboxylic acids is 1. The number of carboxylic acid groups (broad SMARTS) is 1. The van der Waals surface area contributed by atoms with Crippen molar-refractivity contribution in [2.24, 2.45) is 5.92 Å². The summed E-state index contributed by atoms with van der Waals surface area (Å²) in [6.45, 7) is 6.35. The van der Waals surface area contributed by atoms with Gasteiger partial charge in [-0.25, -0.2) is 4.79 Å². The molecule has 0 atom stereocenters. The summed E-state index contributed by atoms with van der Waals surface area (Å²) in [5, 5.41) is 8.90. The second kappa shape index (κ2) is 5.59. The standard InChI is InChI=1S/C13H24N2O3/c1-5-13(2,3)14(4)12(18)15(9-11(16)17)8-10-6-7-10/h10H,5-9H2,1-4H3,(H,16,17). The van der Waals surface area contributed by atoms with Crippen LogP contribution in [0.2, 0.25) is 0 Å². The van der Waals surface area contributed by atoms with Crippen LogP contribution in [-0.4, -0.2) is 52.6 Å². The van der Waals surface area contributed by atoms with Gasteiger partial charge in [-0.2, -0.15) is 0 Å². The van der Waals surface area contributed by atoms with E-state index in [0.717, 1.165) is 19.3 Å². The van der Waals surface area contributed by atoms with Crippen molar-refractivity contribution in [2.45, 2.75) is 45.6 Å². The second-order valence-electron chi connectivity index (χ2n) is 5.73. The van der Waals surface area contributed by atoms with E-state index in [9.17, 15) is 9.59 Å². The molecule has 1 rings (SSSR count). The molecule has 1 fully saturated rings. The molecule has 0 aromatic heterocycles. The summed E-state index contributed by atoms with van der Waals surface area (Å²) in [5.74, 6) is -0.460. The Bertz CT molecular complexity index is 324. The number of aliphatic carboxylic acids is 1. The van der Waals surface area contributed by atoms with Crippen LogP contribution in [0, 0.1) is 5.92 Å². The fraction of sp³-hybridized carbons (Fsp3) is 0.846. The lowest BCUT2D eigenvalue weighted by molar-refractivity contribution is -0.137. The molecule has 0 heterocycles. The number of hydrogen-bond donors (Lipinski definition) is 1. The summed E-state index contributed by atoms with van der Waals surface area (Å²) in [7, 11) is 1.74. The lowest BCUT2D eigenvalue weighted by atomic mass is 10.0. The number of urea groups is 1. The van der Waals surface area contributed by atoms with E-state index in [1.807, 2.05) is 20.8 Å². The topological polar surface area (TPSA) is 60.9 Å². The molecule has 5 nitrogen and oxygen atoms in total. The molecule has 104 valence electrons. The zero-order valence-electron chi connectivity index (χ0n) is 11.8. The van der Waals surface area contributed by atoms with Crippen molar-refractivity contribution in [3.63, 3.8) is 0 Å². The maximum Gasteiger partial charge on any atom is 0.323 e. The third-order valence-corrected chi connectivity index (χ3v) is 3.83. The van der Waals surface area contributed by atoms with Crippen LogP contribution in [-0.2, 0) is 4.79 Å². The molecule has 1 N–H and O–H groups in total. The Labute approximate surface area is 109 Å². The number of hydrogen-bond acceptors (Lipinski definition) is 2. The fourth-order valence-corrected chi connectivity index (χ4v) is 1.69. The molecule has 1 saturated carbocycles. The first-order valence-corrected chi connectivity index (χ1v) is 6.52. The Hall–Kier alpha value is -1.26. The van der Waals surface area contributed by atoms with Gasteiger partial charge in [0, 0.05) is 19.1 Å². The van der Waals surface area contributed by atoms with Crippen molar-refractivity contribution in [3.05, 3.63) is 0 Å². The summed E-state index contributed by atoms with van der Waals surface area (Å²) < 4.78 is 0. The number of carbonyl (C=O) groups is 2. The van der Waals surface area contributed by atoms with Gasteiger partial charge in [0.25, 0.3) is 0 Å². The van der Waals surface area contributed by atoms with E-state index in [-0.39, 0.29) is 18.1 Å². The lowest BCUT2D eigenvalue weighted by Gasteiger charge is -2.38. The smallest absolute Gasteiger partial charge is 0.323 e. The molecule has 0 unspecified atom stereocenters. The van der Waals surface area contributed by atoms with E-state index in [1.54, 1.807) is 11.9 Å². The van der Waals surface area contributed by atoms with Crippen molar-refractivity contribution in [1.29, 1.82) is 0 Å². The first-order valence-electron chi connectivity index (χ1n) is 6.52. The monoisotopic (exact) mass is 256 g/mol. The van der Waals surface area contributed by atoms with Crippen LogP contribution in [0.4, 0.5) is 4.79 Å². The van der Waals surface area contributed by atoms with Gasteiger partial charge in [-0.15, -0.1) is 0 Å². The molecule has 0 aromatic rings. The number of rotatable bonds is 6. The van der Waals surface area contributed by atoms with Crippen molar-refractivity contribution in [3.8, 4) is 0 Å². The maximum absolute atomic E-state index is 12.3. The SMILES string of the molecule is CCC(C)(C)N(C)C(=O)N(CC(=O)O)CC1CC1. The zero-order valence-corrected chi connectivity index (χ0v) is 11.8. The highest BCUT2D eigenvalue weighted by molar-refractivity contribution is 5.80. The average molecular weight is 256 g/mol. The number of carbonyl (C=O) groups excluding carboxylic acids is 1. The Morgan fingerprint density at radius 2 is 1.89 bits per heavy atom. The largest absolute Gasteiger partial charge is 0.480 e. The quantitative estimate of drug-likeness (QED) is 0.791. The predicted molar refractivity (Wildman–Crippen MR) is 69.5 cm³/mol. The molecule has 18 heavy (non-hydrogen) atoms. The Morgan fingerprint density at radius 3 is 2.28 bits per heavy atom. The highest BCUT2D eigenvalue weighted by Gasteiger charge is 2.33. The van der Waals surface area contributed by atoms with E-state index in [4.69, 9.17) is 5.11 Å². The van der Waals surface area contributed by atoms with Crippen LogP contribution in [0.15, 0.2) is 0 Å². The third-order valence-electron chi connectivity index (χ3n) is 3.83. The van der Waals surface area contributed by atoms with Gasteiger partial charge in [-0.3, -0.25) is 4.79 Å². The van der Waals surface area contributed by atoms with Gasteiger partial charge in [0.2, 0.25) is 0 Å². The van der Waals surface area contributed by atoms with Gasteiger partial charge in [-0.05, 0) is 39.0 Å². The normalized spacial score (nSPS) is 15.3. The van der Waals surface area contributed by atoms with Gasteiger partial charge < -0.3 is 14.9 Å². The summed E-state index contributed by atoms with van der Waals surface area (Å²) in [5.41, 5.74) is -0.253. The minimum absolute atomic E-state index is 0.184. The van der Waals surface area contributed by atoms with Gasteiger partial charge in [0.05, 0.1) is 0 Å². The summed E-state index contributed by atoms with van der Waals surface area (Å²) >= 11 is 0. The van der Waals surface area contributed by atoms with Crippen LogP contribution in [0.25, 0.3) is 0 Å². The molecule has 0 aromatic carbocycles. The second-order valence-corrected chi connectivity index (χ2v) is 5.73. The average Bonchev–Trinajstić information content (AvgIpc) is 3.09. The highest BCUT2D eigenvalue weighted by atomic mass is 16.4. The van der Waals surface area contributed by atoms with Gasteiger partial charge >= 0.3 is 12.0 Å². The molecule has 2 amide bonds. The number of amides is 2. The van der Waals surface area contributed by atoms with Crippen LogP contribution < -0.4 is 0 Å². The number of nitrogens with zero attached hydrogens (tertiary/aromatic N) is 2. The van der Waals surface area contributed by atoms with E-state index >= 15 is 0 Å². The summed E-state index contributed by atoms with van der Waals surface area (Å²) in [4.78, 5) is 26.3. The van der Waals surface area contributed by atoms with E-state index < -0.39 is 5.97 Å². The van der Waals surface area contributed by atoms with Gasteiger partial charge in [0.15, 0.2) is 0 Å². The van der Waals surface area contributed by atoms with Crippen molar-refractivity contribution in [2.75, 3.05) is 20.1 Å². The minimum atomic E-state index is -0.952. The molecule has 1 aliphatic rings. The highest BCUT2D eigenvalue weighted by Crippen LogP contribution is 2.30. The van der Waals surface area contributed by atoms with Crippen molar-refractivity contribution in [1.82, 2.24) is 9.80 Å². The van der Waals surface area contributed by atoms with E-state index in [1.165, 1.54) is 4.90 Å². The molecular weight excluding hydrogens is 232 g/mol. The van der Waals surface area contributed by atoms with Gasteiger partial charge in [0.1, 0.15) is 6.54 Å². The molecule has 0 saturated heterocycles. The summed E-state index contributed by atoms with van der Waals surface area (Å²) in [6, 6.07) is -0.184. The predicted octanol–water partition coefficient (Wildman–Crippen LogP) is 2.02. The molecule has 0 bridgehead atoms. The molecular formula is C13H24N2O3. The van der Waals surface area contributed by atoms with Crippen molar-refractivity contribution >= 4 is 12.0 Å². The maximum atomic E-state index is 12.3. The molecule has 0 aliphatic heterocycles. The first kappa shape index (κ1) is 14.8.